The van der Waals surface area contributed by atoms with Gasteiger partial charge in [-0.15, -0.1) is 24.0 Å². The van der Waals surface area contributed by atoms with Gasteiger partial charge in [0, 0.05) is 48.8 Å². The number of nitrogens with zero attached hydrogens (tertiary/aromatic N) is 1. The maximum Gasteiger partial charge on any atom is 0.191 e. The summed E-state index contributed by atoms with van der Waals surface area (Å²) in [5, 5.41) is 8.45. The normalized spacial score (nSPS) is 23.4. The fourth-order valence-electron chi connectivity index (χ4n) is 4.65. The van der Waals surface area contributed by atoms with Crippen LogP contribution in [0.25, 0.3) is 10.9 Å². The molecule has 4 rings (SSSR count). The molecular weight excluding hydrogens is 451 g/mol. The maximum absolute atomic E-state index is 5.95. The molecule has 2 atom stereocenters. The van der Waals surface area contributed by atoms with E-state index in [4.69, 9.17) is 4.74 Å². The molecule has 0 aliphatic heterocycles. The number of rotatable bonds is 6. The Morgan fingerprint density at radius 3 is 2.85 bits per heavy atom. The molecule has 0 amide bonds. The lowest BCUT2D eigenvalue weighted by molar-refractivity contribution is -0.168. The minimum Gasteiger partial charge on any atom is -0.378 e. The number of aromatic nitrogens is 1. The van der Waals surface area contributed by atoms with E-state index in [1.807, 2.05) is 7.05 Å². The van der Waals surface area contributed by atoms with Crippen LogP contribution in [0.1, 0.15) is 38.2 Å². The Balaban J connectivity index is 0.00000210. The van der Waals surface area contributed by atoms with Crippen molar-refractivity contribution in [2.45, 2.75) is 51.2 Å². The molecule has 0 saturated heterocycles. The number of H-pyrrole nitrogens is 1. The van der Waals surface area contributed by atoms with Crippen molar-refractivity contribution in [3.05, 3.63) is 36.0 Å². The van der Waals surface area contributed by atoms with Crippen LogP contribution in [0.4, 0.5) is 0 Å². The van der Waals surface area contributed by atoms with Crippen LogP contribution in [0.2, 0.25) is 0 Å². The lowest BCUT2D eigenvalue weighted by atomic mass is 9.51. The highest BCUT2D eigenvalue weighted by atomic mass is 127. The second-order valence-corrected chi connectivity index (χ2v) is 7.57. The number of ether oxygens (including phenoxy) is 1. The Bertz CT molecular complexity index is 783. The summed E-state index contributed by atoms with van der Waals surface area (Å²) in [5.41, 5.74) is 2.90. The second kappa shape index (κ2) is 8.82. The largest absolute Gasteiger partial charge is 0.378 e. The first-order valence-corrected chi connectivity index (χ1v) is 9.90. The van der Waals surface area contributed by atoms with Crippen molar-refractivity contribution < 1.29 is 4.74 Å². The smallest absolute Gasteiger partial charge is 0.191 e. The standard InChI is InChI=1S/C21H30N4O.HI/c1-3-26-19-13-18(21(19)10-6-11-21)25-20(22-2)23-12-9-15-14-24-17-8-5-4-7-16(15)17;/h4-5,7-8,14,18-19,24H,3,6,9-13H2,1-2H3,(H2,22,23,25);1H. The van der Waals surface area contributed by atoms with Gasteiger partial charge >= 0.3 is 0 Å². The average molecular weight is 482 g/mol. The second-order valence-electron chi connectivity index (χ2n) is 7.57. The van der Waals surface area contributed by atoms with Crippen molar-refractivity contribution in [1.29, 1.82) is 0 Å². The number of fused-ring (bicyclic) bond motifs is 1. The molecule has 27 heavy (non-hydrogen) atoms. The zero-order valence-electron chi connectivity index (χ0n) is 16.3. The first-order chi connectivity index (χ1) is 12.8. The highest BCUT2D eigenvalue weighted by Gasteiger charge is 2.59. The summed E-state index contributed by atoms with van der Waals surface area (Å²) in [7, 11) is 1.85. The van der Waals surface area contributed by atoms with Gasteiger partial charge < -0.3 is 20.4 Å². The summed E-state index contributed by atoms with van der Waals surface area (Å²) in [4.78, 5) is 7.78. The molecule has 1 spiro atoms. The molecule has 1 aromatic carbocycles. The van der Waals surface area contributed by atoms with Crippen molar-refractivity contribution >= 4 is 40.8 Å². The number of hydrogen-bond acceptors (Lipinski definition) is 2. The van der Waals surface area contributed by atoms with Gasteiger partial charge in [0.1, 0.15) is 0 Å². The molecule has 2 aromatic rings. The van der Waals surface area contributed by atoms with Gasteiger partial charge in [-0.05, 0) is 44.2 Å². The van der Waals surface area contributed by atoms with E-state index in [1.165, 1.54) is 35.7 Å². The predicted octanol–water partition coefficient (Wildman–Crippen LogP) is 3.84. The Morgan fingerprint density at radius 1 is 1.33 bits per heavy atom. The molecule has 0 radical (unpaired) electrons. The first-order valence-electron chi connectivity index (χ1n) is 9.90. The lowest BCUT2D eigenvalue weighted by Gasteiger charge is -2.61. The molecule has 2 saturated carbocycles. The molecule has 3 N–H and O–H groups in total. The first kappa shape index (κ1) is 20.5. The third-order valence-corrected chi connectivity index (χ3v) is 6.33. The zero-order valence-corrected chi connectivity index (χ0v) is 18.6. The summed E-state index contributed by atoms with van der Waals surface area (Å²) in [6.45, 7) is 3.78. The number of para-hydroxylation sites is 1. The minimum atomic E-state index is 0. The third-order valence-electron chi connectivity index (χ3n) is 6.33. The molecule has 148 valence electrons. The SMILES string of the molecule is CCOC1CC(NC(=NC)NCCc2c[nH]c3ccccc23)C12CCC2.I. The topological polar surface area (TPSA) is 61.4 Å². The fourth-order valence-corrected chi connectivity index (χ4v) is 4.65. The zero-order chi connectivity index (χ0) is 18.0. The van der Waals surface area contributed by atoms with Crippen LogP contribution >= 0.6 is 24.0 Å². The van der Waals surface area contributed by atoms with E-state index in [0.29, 0.717) is 17.6 Å². The summed E-state index contributed by atoms with van der Waals surface area (Å²) >= 11 is 0. The van der Waals surface area contributed by atoms with E-state index in [0.717, 1.165) is 32.0 Å². The molecule has 2 aliphatic carbocycles. The van der Waals surface area contributed by atoms with Gasteiger partial charge in [0.05, 0.1) is 6.10 Å². The molecule has 6 heteroatoms. The number of guanidine groups is 1. The van der Waals surface area contributed by atoms with Crippen LogP contribution in [0.3, 0.4) is 0 Å². The van der Waals surface area contributed by atoms with Gasteiger partial charge in [0.25, 0.3) is 0 Å². The molecule has 1 aromatic heterocycles. The van der Waals surface area contributed by atoms with Gasteiger partial charge in [0.2, 0.25) is 0 Å². The monoisotopic (exact) mass is 482 g/mol. The molecule has 2 aliphatic rings. The molecule has 2 unspecified atom stereocenters. The Morgan fingerprint density at radius 2 is 2.15 bits per heavy atom. The van der Waals surface area contributed by atoms with Crippen molar-refractivity contribution in [3.63, 3.8) is 0 Å². The highest BCUT2D eigenvalue weighted by Crippen LogP contribution is 2.57. The molecule has 1 heterocycles. The number of hydrogen-bond donors (Lipinski definition) is 3. The Kier molecular flexibility index (Phi) is 6.68. The Labute approximate surface area is 178 Å². The van der Waals surface area contributed by atoms with Crippen LogP contribution in [-0.4, -0.2) is 43.3 Å². The van der Waals surface area contributed by atoms with E-state index < -0.39 is 0 Å². The third kappa shape index (κ3) is 3.83. The van der Waals surface area contributed by atoms with E-state index in [9.17, 15) is 0 Å². The number of aromatic amines is 1. The van der Waals surface area contributed by atoms with Crippen molar-refractivity contribution in [1.82, 2.24) is 15.6 Å². The molecule has 0 bridgehead atoms. The molecule has 2 fully saturated rings. The molecular formula is C21H31IN4O. The minimum absolute atomic E-state index is 0. The number of nitrogens with one attached hydrogen (secondary N) is 3. The van der Waals surface area contributed by atoms with Crippen LogP contribution < -0.4 is 10.6 Å². The Hall–Kier alpha value is -1.28. The maximum atomic E-state index is 5.95. The van der Waals surface area contributed by atoms with E-state index in [1.54, 1.807) is 0 Å². The number of aliphatic imine (C=N–C) groups is 1. The van der Waals surface area contributed by atoms with Crippen molar-refractivity contribution in [3.8, 4) is 0 Å². The summed E-state index contributed by atoms with van der Waals surface area (Å²) in [5.74, 6) is 0.913. The predicted molar refractivity (Wildman–Crippen MR) is 122 cm³/mol. The van der Waals surface area contributed by atoms with Crippen LogP contribution in [0.15, 0.2) is 35.5 Å². The summed E-state index contributed by atoms with van der Waals surface area (Å²) in [6.07, 6.45) is 8.50. The van der Waals surface area contributed by atoms with Gasteiger partial charge in [-0.25, -0.2) is 0 Å². The lowest BCUT2D eigenvalue weighted by Crippen LogP contribution is -2.68. The molecule has 5 nitrogen and oxygen atoms in total. The van der Waals surface area contributed by atoms with Crippen LogP contribution in [0.5, 0.6) is 0 Å². The van der Waals surface area contributed by atoms with Gasteiger partial charge in [-0.2, -0.15) is 0 Å². The number of benzene rings is 1. The summed E-state index contributed by atoms with van der Waals surface area (Å²) < 4.78 is 5.95. The van der Waals surface area contributed by atoms with E-state index >= 15 is 0 Å². The van der Waals surface area contributed by atoms with Crippen LogP contribution in [0, 0.1) is 5.41 Å². The number of halogens is 1. The summed E-state index contributed by atoms with van der Waals surface area (Å²) in [6, 6.07) is 8.95. The van der Waals surface area contributed by atoms with Gasteiger partial charge in [0.15, 0.2) is 5.96 Å². The van der Waals surface area contributed by atoms with Crippen LogP contribution in [-0.2, 0) is 11.2 Å². The fraction of sp³-hybridized carbons (Fsp3) is 0.571. The van der Waals surface area contributed by atoms with E-state index in [2.05, 4.69) is 58.0 Å². The average Bonchev–Trinajstić information content (AvgIpc) is 3.01. The van der Waals surface area contributed by atoms with Gasteiger partial charge in [-0.3, -0.25) is 4.99 Å². The quantitative estimate of drug-likeness (QED) is 0.333. The van der Waals surface area contributed by atoms with Gasteiger partial charge in [-0.1, -0.05) is 24.6 Å². The van der Waals surface area contributed by atoms with Crippen molar-refractivity contribution in [2.75, 3.05) is 20.2 Å². The van der Waals surface area contributed by atoms with E-state index in [-0.39, 0.29) is 24.0 Å². The highest BCUT2D eigenvalue weighted by molar-refractivity contribution is 14.0. The van der Waals surface area contributed by atoms with Crippen molar-refractivity contribution in [2.24, 2.45) is 10.4 Å².